The lowest BCUT2D eigenvalue weighted by Gasteiger charge is -2.19. The van der Waals surface area contributed by atoms with Crippen molar-refractivity contribution in [2.45, 2.75) is 12.8 Å². The smallest absolute Gasteiger partial charge is 0.211 e. The van der Waals surface area contributed by atoms with Crippen molar-refractivity contribution in [2.24, 2.45) is 5.92 Å². The fraction of sp³-hybridized carbons (Fsp3) is 0.136. The molecule has 0 aliphatic heterocycles. The molecule has 1 aliphatic rings. The van der Waals surface area contributed by atoms with Gasteiger partial charge in [-0.2, -0.15) is 5.10 Å². The first kappa shape index (κ1) is 16.1. The predicted octanol–water partition coefficient (Wildman–Crippen LogP) is 4.94. The molecule has 0 fully saturated rings. The number of thiazole rings is 1. The molecule has 0 unspecified atom stereocenters. The van der Waals surface area contributed by atoms with Crippen molar-refractivity contribution in [3.63, 3.8) is 0 Å². The van der Waals surface area contributed by atoms with Crippen molar-refractivity contribution < 1.29 is 4.79 Å². The van der Waals surface area contributed by atoms with Gasteiger partial charge in [-0.15, -0.1) is 0 Å². The maximum Gasteiger partial charge on any atom is 0.211 e. The second kappa shape index (κ2) is 6.59. The molecule has 2 aromatic heterocycles. The Morgan fingerprint density at radius 3 is 2.70 bits per heavy atom. The maximum absolute atomic E-state index is 12.6. The number of aromatic nitrogens is 3. The van der Waals surface area contributed by atoms with Gasteiger partial charge < -0.3 is 0 Å². The summed E-state index contributed by atoms with van der Waals surface area (Å²) in [5, 5.41) is 5.30. The molecular formula is C22H17N3OS. The Balaban J connectivity index is 1.48. The van der Waals surface area contributed by atoms with E-state index < -0.39 is 0 Å². The van der Waals surface area contributed by atoms with Gasteiger partial charge in [0.2, 0.25) is 5.13 Å². The summed E-state index contributed by atoms with van der Waals surface area (Å²) < 4.78 is 2.97. The van der Waals surface area contributed by atoms with Crippen LogP contribution < -0.4 is 0 Å². The number of carbonyl (C=O) groups excluding carboxylic acids is 1. The summed E-state index contributed by atoms with van der Waals surface area (Å²) in [6, 6.07) is 18.2. The number of Topliss-reactive ketones (excluding diaryl/α,β-unsaturated/α-hetero) is 1. The molecule has 2 aromatic carbocycles. The molecule has 5 rings (SSSR count). The zero-order valence-corrected chi connectivity index (χ0v) is 15.4. The van der Waals surface area contributed by atoms with Crippen molar-refractivity contribution in [3.8, 4) is 5.13 Å². The third-order valence-electron chi connectivity index (χ3n) is 4.90. The lowest BCUT2D eigenvalue weighted by atomic mass is 9.86. The number of nitrogens with zero attached hydrogens (tertiary/aromatic N) is 3. The lowest BCUT2D eigenvalue weighted by molar-refractivity contribution is 0.0958. The van der Waals surface area contributed by atoms with Gasteiger partial charge in [0.15, 0.2) is 5.78 Å². The first-order valence-corrected chi connectivity index (χ1v) is 9.79. The van der Waals surface area contributed by atoms with Crippen LogP contribution in [0.5, 0.6) is 0 Å². The van der Waals surface area contributed by atoms with E-state index in [1.807, 2.05) is 41.1 Å². The van der Waals surface area contributed by atoms with E-state index in [4.69, 9.17) is 4.98 Å². The minimum atomic E-state index is 0.159. The highest BCUT2D eigenvalue weighted by Gasteiger charge is 2.28. The Bertz CT molecular complexity index is 1120. The Labute approximate surface area is 160 Å². The van der Waals surface area contributed by atoms with Gasteiger partial charge in [0.05, 0.1) is 27.7 Å². The first-order chi connectivity index (χ1) is 13.3. The van der Waals surface area contributed by atoms with E-state index in [9.17, 15) is 4.79 Å². The Morgan fingerprint density at radius 1 is 1.04 bits per heavy atom. The molecule has 27 heavy (non-hydrogen) atoms. The molecule has 0 saturated carbocycles. The molecule has 1 aliphatic carbocycles. The summed E-state index contributed by atoms with van der Waals surface area (Å²) in [6.07, 6.45) is 7.26. The highest BCUT2D eigenvalue weighted by atomic mass is 32.1. The zero-order valence-electron chi connectivity index (χ0n) is 14.6. The van der Waals surface area contributed by atoms with Gasteiger partial charge >= 0.3 is 0 Å². The summed E-state index contributed by atoms with van der Waals surface area (Å²) in [6.45, 7) is 0. The van der Waals surface area contributed by atoms with Gasteiger partial charge in [0.1, 0.15) is 0 Å². The Kier molecular flexibility index (Phi) is 3.94. The van der Waals surface area contributed by atoms with Crippen molar-refractivity contribution >= 4 is 33.4 Å². The molecule has 4 aromatic rings. The number of allylic oxidation sites excluding steroid dienone is 1. The largest absolute Gasteiger partial charge is 0.294 e. The van der Waals surface area contributed by atoms with Crippen LogP contribution in [-0.4, -0.2) is 20.5 Å². The molecule has 0 radical (unpaired) electrons. The second-order valence-corrected chi connectivity index (χ2v) is 7.75. The zero-order chi connectivity index (χ0) is 18.2. The molecule has 0 N–H and O–H groups in total. The molecule has 0 amide bonds. The van der Waals surface area contributed by atoms with E-state index in [0.717, 1.165) is 38.6 Å². The van der Waals surface area contributed by atoms with Crippen LogP contribution in [0, 0.1) is 5.92 Å². The van der Waals surface area contributed by atoms with Crippen LogP contribution in [0.2, 0.25) is 0 Å². The number of carbonyl (C=O) groups is 1. The third kappa shape index (κ3) is 3.00. The van der Waals surface area contributed by atoms with Crippen LogP contribution in [0.15, 0.2) is 66.9 Å². The number of para-hydroxylation sites is 1. The number of hydrogen-bond acceptors (Lipinski definition) is 4. The number of hydrogen-bond donors (Lipinski definition) is 0. The molecule has 1 atom stereocenters. The van der Waals surface area contributed by atoms with Crippen LogP contribution in [0.4, 0.5) is 0 Å². The quantitative estimate of drug-likeness (QED) is 0.512. The normalized spacial score (nSPS) is 16.9. The van der Waals surface area contributed by atoms with Crippen LogP contribution in [-0.2, 0) is 6.42 Å². The van der Waals surface area contributed by atoms with Gasteiger partial charge in [-0.3, -0.25) is 4.79 Å². The van der Waals surface area contributed by atoms with E-state index >= 15 is 0 Å². The van der Waals surface area contributed by atoms with Gasteiger partial charge in [0.25, 0.3) is 0 Å². The summed E-state index contributed by atoms with van der Waals surface area (Å²) >= 11 is 1.60. The van der Waals surface area contributed by atoms with E-state index in [-0.39, 0.29) is 11.7 Å². The number of fused-ring (bicyclic) bond motifs is 2. The predicted molar refractivity (Wildman–Crippen MR) is 108 cm³/mol. The van der Waals surface area contributed by atoms with E-state index in [2.05, 4.69) is 35.4 Å². The lowest BCUT2D eigenvalue weighted by Crippen LogP contribution is -2.20. The van der Waals surface area contributed by atoms with Crippen LogP contribution in [0.25, 0.3) is 21.4 Å². The highest BCUT2D eigenvalue weighted by Crippen LogP contribution is 2.31. The first-order valence-electron chi connectivity index (χ1n) is 8.97. The summed E-state index contributed by atoms with van der Waals surface area (Å²) in [5.41, 5.74) is 3.81. The molecule has 2 heterocycles. The van der Waals surface area contributed by atoms with Crippen LogP contribution in [0.1, 0.15) is 28.0 Å². The Morgan fingerprint density at radius 2 is 1.85 bits per heavy atom. The van der Waals surface area contributed by atoms with Crippen LogP contribution in [0.3, 0.4) is 0 Å². The van der Waals surface area contributed by atoms with Crippen molar-refractivity contribution in [3.05, 3.63) is 83.7 Å². The van der Waals surface area contributed by atoms with Crippen molar-refractivity contribution in [2.75, 3.05) is 0 Å². The molecule has 0 bridgehead atoms. The van der Waals surface area contributed by atoms with Crippen LogP contribution >= 0.6 is 11.3 Å². The second-order valence-electron chi connectivity index (χ2n) is 6.74. The number of rotatable bonds is 3. The average molecular weight is 371 g/mol. The van der Waals surface area contributed by atoms with Crippen molar-refractivity contribution in [1.29, 1.82) is 0 Å². The van der Waals surface area contributed by atoms with Gasteiger partial charge in [-0.05, 0) is 30.0 Å². The SMILES string of the molecule is O=C1C[C@H](/C=C/c2ccccc2)Cc2c1cnn2-c1nc2ccccc2s1. The standard InChI is InChI=1S/C22H17N3OS/c26-20-13-16(11-10-15-6-2-1-3-7-15)12-19-17(20)14-23-25(19)22-24-18-8-4-5-9-21(18)27-22/h1-11,14,16H,12-13H2/b11-10+/t16-/m1/s1. The minimum absolute atomic E-state index is 0.159. The van der Waals surface area contributed by atoms with E-state index in [1.54, 1.807) is 17.5 Å². The monoisotopic (exact) mass is 371 g/mol. The van der Waals surface area contributed by atoms with Gasteiger partial charge in [-0.25, -0.2) is 9.67 Å². The molecule has 0 spiro atoms. The molecule has 0 saturated heterocycles. The van der Waals surface area contributed by atoms with Gasteiger partial charge in [0, 0.05) is 6.42 Å². The maximum atomic E-state index is 12.6. The minimum Gasteiger partial charge on any atom is -0.294 e. The van der Waals surface area contributed by atoms with Gasteiger partial charge in [-0.1, -0.05) is 66.0 Å². The van der Waals surface area contributed by atoms with Crippen molar-refractivity contribution in [1.82, 2.24) is 14.8 Å². The molecule has 4 nitrogen and oxygen atoms in total. The topological polar surface area (TPSA) is 47.8 Å². The number of ketones is 1. The van der Waals surface area contributed by atoms with E-state index in [0.29, 0.717) is 6.42 Å². The number of benzene rings is 2. The summed E-state index contributed by atoms with van der Waals surface area (Å²) in [7, 11) is 0. The fourth-order valence-electron chi connectivity index (χ4n) is 3.53. The molecular weight excluding hydrogens is 354 g/mol. The third-order valence-corrected chi connectivity index (χ3v) is 5.91. The highest BCUT2D eigenvalue weighted by molar-refractivity contribution is 7.20. The summed E-state index contributed by atoms with van der Waals surface area (Å²) in [5.74, 6) is 0.335. The average Bonchev–Trinajstić information content (AvgIpc) is 3.31. The molecule has 132 valence electrons. The fourth-order valence-corrected chi connectivity index (χ4v) is 4.48. The van der Waals surface area contributed by atoms with E-state index in [1.165, 1.54) is 0 Å². The molecule has 5 heteroatoms. The Hall–Kier alpha value is -3.05. The summed E-state index contributed by atoms with van der Waals surface area (Å²) in [4.78, 5) is 17.3.